The van der Waals surface area contributed by atoms with Gasteiger partial charge in [-0.25, -0.2) is 9.78 Å². The van der Waals surface area contributed by atoms with Crippen molar-refractivity contribution in [2.75, 3.05) is 48.0 Å². The fourth-order valence-corrected chi connectivity index (χ4v) is 3.99. The molecule has 0 aliphatic carbocycles. The Kier molecular flexibility index (Phi) is 6.64. The Hall–Kier alpha value is -3.40. The van der Waals surface area contributed by atoms with Crippen LogP contribution in [0.1, 0.15) is 43.5 Å². The predicted octanol–water partition coefficient (Wildman–Crippen LogP) is 3.24. The zero-order valence-corrected chi connectivity index (χ0v) is 19.6. The van der Waals surface area contributed by atoms with E-state index in [0.29, 0.717) is 40.4 Å². The number of benzene rings is 1. The third-order valence-corrected chi connectivity index (χ3v) is 6.34. The van der Waals surface area contributed by atoms with Gasteiger partial charge in [0.1, 0.15) is 11.4 Å². The highest BCUT2D eigenvalue weighted by Gasteiger charge is 2.26. The van der Waals surface area contributed by atoms with Gasteiger partial charge >= 0.3 is 6.03 Å². The number of fused-ring (bicyclic) bond motifs is 2. The van der Waals surface area contributed by atoms with Crippen molar-refractivity contribution < 1.29 is 9.59 Å². The lowest BCUT2D eigenvalue weighted by molar-refractivity contribution is 0.102. The molecule has 2 aliphatic heterocycles. The molecule has 1 saturated heterocycles. The van der Waals surface area contributed by atoms with Gasteiger partial charge in [0, 0.05) is 31.0 Å². The summed E-state index contributed by atoms with van der Waals surface area (Å²) in [4.78, 5) is 38.6. The second kappa shape index (κ2) is 9.62. The van der Waals surface area contributed by atoms with E-state index in [1.165, 1.54) is 0 Å². The largest absolute Gasteiger partial charge is 0.341 e. The van der Waals surface area contributed by atoms with Crippen molar-refractivity contribution in [2.24, 2.45) is 0 Å². The summed E-state index contributed by atoms with van der Waals surface area (Å²) in [6, 6.07) is 5.44. The molecule has 1 unspecified atom stereocenters. The van der Waals surface area contributed by atoms with Crippen molar-refractivity contribution in [3.8, 4) is 0 Å². The van der Waals surface area contributed by atoms with Crippen LogP contribution < -0.4 is 26.2 Å². The fourth-order valence-electron chi connectivity index (χ4n) is 3.99. The highest BCUT2D eigenvalue weighted by Crippen LogP contribution is 2.34. The molecule has 10 heteroatoms. The number of amides is 3. The highest BCUT2D eigenvalue weighted by molar-refractivity contribution is 6.11. The Morgan fingerprint density at radius 2 is 2.03 bits per heavy atom. The van der Waals surface area contributed by atoms with Gasteiger partial charge in [0.15, 0.2) is 0 Å². The maximum absolute atomic E-state index is 12.8. The van der Waals surface area contributed by atoms with Crippen LogP contribution in [0.5, 0.6) is 0 Å². The van der Waals surface area contributed by atoms with Crippen LogP contribution in [0.2, 0.25) is 0 Å². The zero-order valence-electron chi connectivity index (χ0n) is 19.6. The van der Waals surface area contributed by atoms with Gasteiger partial charge in [-0.1, -0.05) is 6.92 Å². The average molecular weight is 453 g/mol. The molecule has 2 aliphatic rings. The van der Waals surface area contributed by atoms with Gasteiger partial charge in [-0.2, -0.15) is 4.98 Å². The van der Waals surface area contributed by atoms with Gasteiger partial charge in [0.2, 0.25) is 5.95 Å². The number of aromatic nitrogens is 2. The topological polar surface area (TPSA) is 115 Å². The maximum atomic E-state index is 12.8. The lowest BCUT2D eigenvalue weighted by atomic mass is 10.0. The number of urea groups is 1. The Morgan fingerprint density at radius 1 is 1.27 bits per heavy atom. The minimum atomic E-state index is -0.278. The van der Waals surface area contributed by atoms with Crippen molar-refractivity contribution in [1.82, 2.24) is 20.2 Å². The quantitative estimate of drug-likeness (QED) is 0.551. The number of rotatable bonds is 5. The van der Waals surface area contributed by atoms with E-state index in [4.69, 9.17) is 0 Å². The number of nitrogens with zero attached hydrogens (tertiary/aromatic N) is 4. The van der Waals surface area contributed by atoms with Crippen LogP contribution in [0.3, 0.4) is 0 Å². The highest BCUT2D eigenvalue weighted by atomic mass is 16.2. The van der Waals surface area contributed by atoms with Crippen LogP contribution in [-0.2, 0) is 0 Å². The monoisotopic (exact) mass is 452 g/mol. The van der Waals surface area contributed by atoms with E-state index in [9.17, 15) is 9.59 Å². The van der Waals surface area contributed by atoms with Crippen LogP contribution in [0, 0.1) is 0 Å². The molecule has 1 fully saturated rings. The first-order valence-electron chi connectivity index (χ1n) is 11.4. The molecule has 1 aromatic heterocycles. The summed E-state index contributed by atoms with van der Waals surface area (Å²) in [6.45, 7) is 6.03. The molecule has 0 saturated carbocycles. The molecule has 0 bridgehead atoms. The van der Waals surface area contributed by atoms with Gasteiger partial charge in [-0.3, -0.25) is 4.79 Å². The third kappa shape index (κ3) is 5.16. The number of likely N-dealkylation sites (tertiary alicyclic amines) is 1. The molecule has 1 atom stereocenters. The molecule has 10 nitrogen and oxygen atoms in total. The van der Waals surface area contributed by atoms with Crippen molar-refractivity contribution >= 4 is 40.8 Å². The summed E-state index contributed by atoms with van der Waals surface area (Å²) < 4.78 is 0. The molecule has 176 valence electrons. The molecule has 3 heterocycles. The van der Waals surface area contributed by atoms with E-state index >= 15 is 0 Å². The normalized spacial score (nSPS) is 17.0. The summed E-state index contributed by atoms with van der Waals surface area (Å²) in [5, 5.41) is 11.9. The van der Waals surface area contributed by atoms with Crippen LogP contribution in [0.4, 0.5) is 33.6 Å². The molecule has 2 aromatic rings. The van der Waals surface area contributed by atoms with Gasteiger partial charge in [0.25, 0.3) is 5.91 Å². The number of carbonyl (C=O) groups is 2. The first-order chi connectivity index (χ1) is 15.8. The minimum Gasteiger partial charge on any atom is -0.341 e. The molecule has 4 N–H and O–H groups in total. The van der Waals surface area contributed by atoms with E-state index in [-0.39, 0.29) is 18.0 Å². The summed E-state index contributed by atoms with van der Waals surface area (Å²) in [5.41, 5.74) is 2.24. The first kappa shape index (κ1) is 22.8. The van der Waals surface area contributed by atoms with Crippen molar-refractivity contribution in [3.05, 3.63) is 30.0 Å². The van der Waals surface area contributed by atoms with Crippen LogP contribution in [0.25, 0.3) is 0 Å². The molecule has 0 radical (unpaired) electrons. The smallest absolute Gasteiger partial charge is 0.319 e. The van der Waals surface area contributed by atoms with E-state index in [1.807, 2.05) is 20.9 Å². The van der Waals surface area contributed by atoms with Crippen LogP contribution in [-0.4, -0.2) is 66.1 Å². The average Bonchev–Trinajstić information content (AvgIpc) is 2.93. The summed E-state index contributed by atoms with van der Waals surface area (Å²) >= 11 is 0. The van der Waals surface area contributed by atoms with Gasteiger partial charge in [0.05, 0.1) is 11.4 Å². The Labute approximate surface area is 194 Å². The fraction of sp³-hybridized carbons (Fsp3) is 0.478. The standard InChI is InChI=1S/C23H32N8O2/c1-5-14(2)25-23(33)26-15-6-7-18-19(12-15)27-20-17(21(32)28-18)13-24-22(29-20)31(4)16-8-10-30(3)11-9-16/h6-7,12-14,16H,5,8-11H2,1-4H3,(H,28,32)(H,24,27,29)(H2,25,26,33). The second-order valence-electron chi connectivity index (χ2n) is 8.82. The molecule has 4 rings (SSSR count). The van der Waals surface area contributed by atoms with Crippen LogP contribution in [0.15, 0.2) is 24.4 Å². The van der Waals surface area contributed by atoms with Gasteiger partial charge < -0.3 is 31.1 Å². The Morgan fingerprint density at radius 3 is 2.76 bits per heavy atom. The van der Waals surface area contributed by atoms with Gasteiger partial charge in [-0.15, -0.1) is 0 Å². The van der Waals surface area contributed by atoms with Crippen molar-refractivity contribution in [2.45, 2.75) is 45.2 Å². The van der Waals surface area contributed by atoms with Crippen molar-refractivity contribution in [3.63, 3.8) is 0 Å². The molecule has 33 heavy (non-hydrogen) atoms. The lowest BCUT2D eigenvalue weighted by Crippen LogP contribution is -2.42. The Bertz CT molecular complexity index is 1040. The maximum Gasteiger partial charge on any atom is 0.319 e. The molecule has 1 aromatic carbocycles. The number of anilines is 5. The molecular formula is C23H32N8O2. The summed E-state index contributed by atoms with van der Waals surface area (Å²) in [7, 11) is 4.13. The van der Waals surface area contributed by atoms with Crippen molar-refractivity contribution in [1.29, 1.82) is 0 Å². The molecule has 3 amide bonds. The first-order valence-corrected chi connectivity index (χ1v) is 11.4. The third-order valence-electron chi connectivity index (χ3n) is 6.34. The number of hydrogen-bond donors (Lipinski definition) is 4. The van der Waals surface area contributed by atoms with Gasteiger partial charge in [-0.05, 0) is 64.5 Å². The second-order valence-corrected chi connectivity index (χ2v) is 8.82. The predicted molar refractivity (Wildman–Crippen MR) is 131 cm³/mol. The minimum absolute atomic E-state index is 0.0757. The number of piperidine rings is 1. The number of carbonyl (C=O) groups excluding carboxylic acids is 2. The summed E-state index contributed by atoms with van der Waals surface area (Å²) in [6.07, 6.45) is 4.49. The van der Waals surface area contributed by atoms with Crippen LogP contribution >= 0.6 is 0 Å². The number of hydrogen-bond acceptors (Lipinski definition) is 7. The zero-order chi connectivity index (χ0) is 23.5. The van der Waals surface area contributed by atoms with E-state index in [2.05, 4.69) is 48.1 Å². The van der Waals surface area contributed by atoms with E-state index in [0.717, 1.165) is 32.4 Å². The van der Waals surface area contributed by atoms with E-state index < -0.39 is 0 Å². The Balaban J connectivity index is 1.55. The molecular weight excluding hydrogens is 420 g/mol. The lowest BCUT2D eigenvalue weighted by Gasteiger charge is -2.35. The number of nitrogens with one attached hydrogen (secondary N) is 4. The molecule has 0 spiro atoms. The summed E-state index contributed by atoms with van der Waals surface area (Å²) in [5.74, 6) is 0.742. The van der Waals surface area contributed by atoms with E-state index in [1.54, 1.807) is 24.4 Å². The SMILES string of the molecule is CCC(C)NC(=O)Nc1ccc2c(c1)Nc1nc(N(C)C3CCN(C)CC3)ncc1C(=O)N2.